The van der Waals surface area contributed by atoms with Crippen LogP contribution in [0.15, 0.2) is 22.7 Å². The highest BCUT2D eigenvalue weighted by atomic mass is 79.9. The van der Waals surface area contributed by atoms with Crippen molar-refractivity contribution in [3.8, 4) is 0 Å². The van der Waals surface area contributed by atoms with Gasteiger partial charge in [-0.3, -0.25) is 4.79 Å². The lowest BCUT2D eigenvalue weighted by Crippen LogP contribution is -2.45. The van der Waals surface area contributed by atoms with Gasteiger partial charge in [0.25, 0.3) is 5.91 Å². The van der Waals surface area contributed by atoms with Gasteiger partial charge in [-0.05, 0) is 44.6 Å². The molecule has 19 heavy (non-hydrogen) atoms. The molecule has 1 amide bonds. The van der Waals surface area contributed by atoms with Crippen LogP contribution in [-0.4, -0.2) is 37.5 Å². The number of carbonyl (C=O) groups excluding carboxylic acids is 1. The zero-order valence-electron chi connectivity index (χ0n) is 12.3. The van der Waals surface area contributed by atoms with Gasteiger partial charge in [-0.2, -0.15) is 0 Å². The van der Waals surface area contributed by atoms with Gasteiger partial charge in [0.15, 0.2) is 0 Å². The van der Waals surface area contributed by atoms with Crippen LogP contribution in [0, 0.1) is 12.8 Å². The Morgan fingerprint density at radius 3 is 2.53 bits per heavy atom. The third-order valence-electron chi connectivity index (χ3n) is 3.20. The first-order valence-electron chi connectivity index (χ1n) is 6.53. The normalized spacial score (nSPS) is 12.8. The lowest BCUT2D eigenvalue weighted by molar-refractivity contribution is 0.0916. The van der Waals surface area contributed by atoms with Crippen LogP contribution in [0.25, 0.3) is 0 Å². The fraction of sp³-hybridized carbons (Fsp3) is 0.533. The van der Waals surface area contributed by atoms with E-state index in [1.807, 2.05) is 39.2 Å². The minimum atomic E-state index is -0.000602. The van der Waals surface area contributed by atoms with Crippen LogP contribution in [0.4, 0.5) is 0 Å². The van der Waals surface area contributed by atoms with E-state index in [2.05, 4.69) is 40.0 Å². The zero-order valence-corrected chi connectivity index (χ0v) is 13.9. The van der Waals surface area contributed by atoms with Gasteiger partial charge in [-0.25, -0.2) is 0 Å². The Morgan fingerprint density at radius 1 is 1.37 bits per heavy atom. The summed E-state index contributed by atoms with van der Waals surface area (Å²) in [6.07, 6.45) is 0. The molecule has 4 heteroatoms. The molecule has 1 N–H and O–H groups in total. The van der Waals surface area contributed by atoms with Crippen molar-refractivity contribution in [3.05, 3.63) is 33.8 Å². The van der Waals surface area contributed by atoms with Gasteiger partial charge in [0.1, 0.15) is 0 Å². The summed E-state index contributed by atoms with van der Waals surface area (Å²) < 4.78 is 0.967. The number of nitrogens with zero attached hydrogens (tertiary/aromatic N) is 1. The van der Waals surface area contributed by atoms with Gasteiger partial charge < -0.3 is 10.2 Å². The maximum atomic E-state index is 12.4. The monoisotopic (exact) mass is 326 g/mol. The fourth-order valence-corrected chi connectivity index (χ4v) is 2.28. The average Bonchev–Trinajstić information content (AvgIpc) is 2.31. The molecular formula is C15H23BrN2O. The molecule has 0 heterocycles. The number of rotatable bonds is 5. The van der Waals surface area contributed by atoms with Gasteiger partial charge in [0, 0.05) is 22.6 Å². The minimum absolute atomic E-state index is 0.000602. The Hall–Kier alpha value is -0.870. The van der Waals surface area contributed by atoms with E-state index in [9.17, 15) is 4.79 Å². The molecule has 3 nitrogen and oxygen atoms in total. The number of amides is 1. The van der Waals surface area contributed by atoms with Crippen LogP contribution in [0.3, 0.4) is 0 Å². The van der Waals surface area contributed by atoms with Crippen LogP contribution in [0.2, 0.25) is 0 Å². The summed E-state index contributed by atoms with van der Waals surface area (Å²) >= 11 is 3.46. The minimum Gasteiger partial charge on any atom is -0.348 e. The summed E-state index contributed by atoms with van der Waals surface area (Å²) in [5.74, 6) is 0.401. The molecule has 1 unspecified atom stereocenters. The second kappa shape index (κ2) is 7.06. The molecule has 0 aliphatic rings. The summed E-state index contributed by atoms with van der Waals surface area (Å²) in [5, 5.41) is 3.13. The van der Waals surface area contributed by atoms with E-state index in [1.165, 1.54) is 0 Å². The van der Waals surface area contributed by atoms with E-state index in [-0.39, 0.29) is 11.9 Å². The molecule has 1 atom stereocenters. The van der Waals surface area contributed by atoms with Crippen LogP contribution in [0.1, 0.15) is 29.8 Å². The molecule has 0 radical (unpaired) electrons. The van der Waals surface area contributed by atoms with Crippen molar-refractivity contribution < 1.29 is 4.79 Å². The van der Waals surface area contributed by atoms with Crippen molar-refractivity contribution >= 4 is 21.8 Å². The van der Waals surface area contributed by atoms with Gasteiger partial charge in [0.2, 0.25) is 0 Å². The van der Waals surface area contributed by atoms with Gasteiger partial charge >= 0.3 is 0 Å². The molecule has 0 saturated carbocycles. The van der Waals surface area contributed by atoms with Crippen molar-refractivity contribution in [1.29, 1.82) is 0 Å². The zero-order chi connectivity index (χ0) is 14.6. The predicted molar refractivity (Wildman–Crippen MR) is 83.5 cm³/mol. The molecule has 0 aromatic heterocycles. The van der Waals surface area contributed by atoms with E-state index in [4.69, 9.17) is 0 Å². The van der Waals surface area contributed by atoms with Crippen molar-refractivity contribution in [2.24, 2.45) is 5.92 Å². The number of carbonyl (C=O) groups is 1. The topological polar surface area (TPSA) is 32.3 Å². The van der Waals surface area contributed by atoms with Crippen LogP contribution >= 0.6 is 15.9 Å². The second-order valence-electron chi connectivity index (χ2n) is 5.50. The predicted octanol–water partition coefficient (Wildman–Crippen LogP) is 3.07. The molecule has 0 aliphatic heterocycles. The molecule has 0 fully saturated rings. The maximum absolute atomic E-state index is 12.4. The molecule has 1 aromatic carbocycles. The third kappa shape index (κ3) is 4.62. The lowest BCUT2D eigenvalue weighted by Gasteiger charge is -2.26. The largest absolute Gasteiger partial charge is 0.348 e. The lowest BCUT2D eigenvalue weighted by atomic mass is 10.0. The summed E-state index contributed by atoms with van der Waals surface area (Å²) in [6.45, 7) is 7.05. The Balaban J connectivity index is 2.85. The number of hydrogen-bond acceptors (Lipinski definition) is 2. The fourth-order valence-electron chi connectivity index (χ4n) is 1.92. The number of benzene rings is 1. The summed E-state index contributed by atoms with van der Waals surface area (Å²) in [6, 6.07) is 5.86. The van der Waals surface area contributed by atoms with Crippen molar-refractivity contribution in [2.75, 3.05) is 20.6 Å². The Bertz CT molecular complexity index is 444. The average molecular weight is 327 g/mol. The van der Waals surface area contributed by atoms with E-state index >= 15 is 0 Å². The molecular weight excluding hydrogens is 304 g/mol. The van der Waals surface area contributed by atoms with E-state index < -0.39 is 0 Å². The van der Waals surface area contributed by atoms with E-state index in [0.29, 0.717) is 5.92 Å². The third-order valence-corrected chi connectivity index (χ3v) is 4.05. The molecule has 0 saturated heterocycles. The Kier molecular flexibility index (Phi) is 6.01. The van der Waals surface area contributed by atoms with Gasteiger partial charge in [0.05, 0.1) is 0 Å². The van der Waals surface area contributed by atoms with Gasteiger partial charge in [-0.1, -0.05) is 35.8 Å². The van der Waals surface area contributed by atoms with Crippen molar-refractivity contribution in [1.82, 2.24) is 10.2 Å². The molecule has 106 valence electrons. The first-order valence-corrected chi connectivity index (χ1v) is 7.33. The van der Waals surface area contributed by atoms with E-state index in [1.54, 1.807) is 0 Å². The highest BCUT2D eigenvalue weighted by Gasteiger charge is 2.19. The van der Waals surface area contributed by atoms with Crippen molar-refractivity contribution in [3.63, 3.8) is 0 Å². The molecule has 1 rings (SSSR count). The smallest absolute Gasteiger partial charge is 0.251 e. The highest BCUT2D eigenvalue weighted by molar-refractivity contribution is 9.10. The number of likely N-dealkylation sites (N-methyl/N-ethyl adjacent to an activating group) is 1. The summed E-state index contributed by atoms with van der Waals surface area (Å²) in [7, 11) is 4.04. The summed E-state index contributed by atoms with van der Waals surface area (Å²) in [5.41, 5.74) is 1.71. The van der Waals surface area contributed by atoms with E-state index in [0.717, 1.165) is 22.1 Å². The van der Waals surface area contributed by atoms with Gasteiger partial charge in [-0.15, -0.1) is 0 Å². The molecule has 0 aliphatic carbocycles. The number of nitrogens with one attached hydrogen (secondary N) is 1. The molecule has 0 spiro atoms. The highest BCUT2D eigenvalue weighted by Crippen LogP contribution is 2.19. The van der Waals surface area contributed by atoms with Crippen LogP contribution in [0.5, 0.6) is 0 Å². The second-order valence-corrected chi connectivity index (χ2v) is 6.35. The quantitative estimate of drug-likeness (QED) is 0.901. The molecule has 1 aromatic rings. The Morgan fingerprint density at radius 2 is 2.00 bits per heavy atom. The Labute approximate surface area is 124 Å². The van der Waals surface area contributed by atoms with Crippen molar-refractivity contribution in [2.45, 2.75) is 26.8 Å². The number of hydrogen-bond donors (Lipinski definition) is 1. The standard InChI is InChI=1S/C15H23BrN2O/c1-10(2)14(9-18(4)5)17-15(19)12-7-6-8-13(16)11(12)3/h6-8,10,14H,9H2,1-5H3,(H,17,19). The van der Waals surface area contributed by atoms with Crippen LogP contribution < -0.4 is 5.32 Å². The first kappa shape index (κ1) is 16.2. The summed E-state index contributed by atoms with van der Waals surface area (Å²) in [4.78, 5) is 14.5. The molecule has 0 bridgehead atoms. The van der Waals surface area contributed by atoms with Crippen LogP contribution in [-0.2, 0) is 0 Å². The maximum Gasteiger partial charge on any atom is 0.251 e. The SMILES string of the molecule is Cc1c(Br)cccc1C(=O)NC(CN(C)C)C(C)C. The number of halogens is 1. The first-order chi connectivity index (χ1) is 8.82.